The molecule has 7 nitrogen and oxygen atoms in total. The van der Waals surface area contributed by atoms with E-state index >= 15 is 0 Å². The molecular weight excluding hydrogens is 413 g/mol. The number of anilines is 1. The molecule has 170 valence electrons. The minimum atomic E-state index is -0.869. The largest absolute Gasteiger partial charge is 0.493 e. The Morgan fingerprint density at radius 2 is 1.78 bits per heavy atom. The summed E-state index contributed by atoms with van der Waals surface area (Å²) in [6.07, 6.45) is 5.79. The van der Waals surface area contributed by atoms with Gasteiger partial charge in [0, 0.05) is 24.9 Å². The molecule has 1 aliphatic carbocycles. The molecular formula is C24H28FN3O4. The molecule has 0 aliphatic heterocycles. The summed E-state index contributed by atoms with van der Waals surface area (Å²) in [6, 6.07) is 11.2. The highest BCUT2D eigenvalue weighted by molar-refractivity contribution is 5.86. The maximum Gasteiger partial charge on any atom is 0.307 e. The van der Waals surface area contributed by atoms with Crippen molar-refractivity contribution in [2.75, 3.05) is 18.3 Å². The van der Waals surface area contributed by atoms with Crippen LogP contribution in [0.25, 0.3) is 0 Å². The third kappa shape index (κ3) is 7.08. The molecule has 0 heterocycles. The molecule has 0 amide bonds. The number of hydrogen-bond donors (Lipinski definition) is 1. The van der Waals surface area contributed by atoms with Crippen molar-refractivity contribution in [2.45, 2.75) is 44.9 Å². The lowest BCUT2D eigenvalue weighted by Crippen LogP contribution is -2.16. The van der Waals surface area contributed by atoms with Gasteiger partial charge in [-0.05, 0) is 55.5 Å². The van der Waals surface area contributed by atoms with Crippen molar-refractivity contribution in [1.82, 2.24) is 0 Å². The molecule has 0 bridgehead atoms. The molecule has 0 unspecified atom stereocenters. The average Bonchev–Trinajstić information content (AvgIpc) is 2.79. The molecule has 3 rings (SSSR count). The lowest BCUT2D eigenvalue weighted by atomic mass is 9.99. The van der Waals surface area contributed by atoms with Gasteiger partial charge in [-0.2, -0.15) is 10.2 Å². The van der Waals surface area contributed by atoms with Crippen LogP contribution in [0.4, 0.5) is 10.1 Å². The fourth-order valence-corrected chi connectivity index (χ4v) is 3.43. The number of ether oxygens (including phenoxy) is 2. The number of nitrogens with zero attached hydrogens (tertiary/aromatic N) is 3. The van der Waals surface area contributed by atoms with E-state index in [4.69, 9.17) is 14.6 Å². The summed E-state index contributed by atoms with van der Waals surface area (Å²) in [4.78, 5) is 10.7. The molecule has 1 N–H and O–H groups in total. The SMILES string of the molecule is C=NN(N=C1CCCCC1)c1cc(F)ccc1OCCCOc1ccc(CC(=O)O)cc1. The Hall–Kier alpha value is -3.42. The van der Waals surface area contributed by atoms with Gasteiger partial charge in [-0.1, -0.05) is 18.6 Å². The first-order valence-electron chi connectivity index (χ1n) is 10.7. The lowest BCUT2D eigenvalue weighted by Gasteiger charge is -2.20. The molecule has 32 heavy (non-hydrogen) atoms. The number of carboxylic acid groups (broad SMARTS) is 1. The fraction of sp³-hybridized carbons (Fsp3) is 0.375. The van der Waals surface area contributed by atoms with Crippen molar-refractivity contribution in [1.29, 1.82) is 0 Å². The van der Waals surface area contributed by atoms with E-state index in [2.05, 4.69) is 16.9 Å². The maximum atomic E-state index is 13.9. The zero-order valence-corrected chi connectivity index (χ0v) is 18.0. The average molecular weight is 442 g/mol. The Labute approximate surface area is 187 Å². The Morgan fingerprint density at radius 3 is 2.47 bits per heavy atom. The van der Waals surface area contributed by atoms with Gasteiger partial charge < -0.3 is 14.6 Å². The molecule has 0 atom stereocenters. The van der Waals surface area contributed by atoms with Gasteiger partial charge in [0.15, 0.2) is 0 Å². The van der Waals surface area contributed by atoms with Crippen LogP contribution in [-0.2, 0) is 11.2 Å². The molecule has 1 fully saturated rings. The normalized spacial score (nSPS) is 13.3. The second kappa shape index (κ2) is 11.8. The van der Waals surface area contributed by atoms with E-state index in [-0.39, 0.29) is 6.42 Å². The van der Waals surface area contributed by atoms with Crippen molar-refractivity contribution in [2.24, 2.45) is 10.2 Å². The molecule has 0 saturated heterocycles. The number of rotatable bonds is 11. The number of hydrogen-bond acceptors (Lipinski definition) is 6. The van der Waals surface area contributed by atoms with Gasteiger partial charge in [0.05, 0.1) is 19.6 Å². The van der Waals surface area contributed by atoms with Crippen LogP contribution in [0.1, 0.15) is 44.1 Å². The van der Waals surface area contributed by atoms with Crippen LogP contribution in [0.15, 0.2) is 52.7 Å². The molecule has 2 aromatic rings. The van der Waals surface area contributed by atoms with Crippen LogP contribution in [0, 0.1) is 5.82 Å². The van der Waals surface area contributed by atoms with E-state index in [0.29, 0.717) is 42.4 Å². The molecule has 8 heteroatoms. The Bertz CT molecular complexity index is 939. The first-order valence-corrected chi connectivity index (χ1v) is 10.7. The van der Waals surface area contributed by atoms with Gasteiger partial charge in [-0.25, -0.2) is 4.39 Å². The lowest BCUT2D eigenvalue weighted by molar-refractivity contribution is -0.136. The zero-order valence-electron chi connectivity index (χ0n) is 18.0. The molecule has 0 aromatic heterocycles. The second-order valence-corrected chi connectivity index (χ2v) is 7.53. The number of hydrazone groups is 2. The smallest absolute Gasteiger partial charge is 0.307 e. The monoisotopic (exact) mass is 441 g/mol. The van der Waals surface area contributed by atoms with Crippen molar-refractivity contribution in [3.05, 3.63) is 53.8 Å². The highest BCUT2D eigenvalue weighted by Gasteiger charge is 2.15. The van der Waals surface area contributed by atoms with Crippen molar-refractivity contribution < 1.29 is 23.8 Å². The van der Waals surface area contributed by atoms with Gasteiger partial charge in [0.2, 0.25) is 0 Å². The summed E-state index contributed by atoms with van der Waals surface area (Å²) in [6.45, 7) is 4.35. The standard InChI is InChI=1S/C24H28FN3O4/c1-26-28(27-20-6-3-2-4-7-20)22-17-19(25)10-13-23(22)32-15-5-14-31-21-11-8-18(9-12-21)16-24(29)30/h8-13,17H,1-7,14-16H2,(H,29,30). The minimum Gasteiger partial charge on any atom is -0.493 e. The van der Waals surface area contributed by atoms with Crippen LogP contribution in [0.3, 0.4) is 0 Å². The Morgan fingerprint density at radius 1 is 1.06 bits per heavy atom. The quantitative estimate of drug-likeness (QED) is 0.300. The van der Waals surface area contributed by atoms with Crippen LogP contribution >= 0.6 is 0 Å². The van der Waals surface area contributed by atoms with Gasteiger partial charge >= 0.3 is 5.97 Å². The van der Waals surface area contributed by atoms with E-state index in [9.17, 15) is 9.18 Å². The first-order chi connectivity index (χ1) is 15.5. The second-order valence-electron chi connectivity index (χ2n) is 7.53. The summed E-state index contributed by atoms with van der Waals surface area (Å²) in [5.74, 6) is -0.144. The molecule has 0 radical (unpaired) electrons. The van der Waals surface area contributed by atoms with Crippen LogP contribution in [-0.4, -0.2) is 36.7 Å². The van der Waals surface area contributed by atoms with Gasteiger partial charge in [0.1, 0.15) is 23.0 Å². The Kier molecular flexibility index (Phi) is 8.60. The van der Waals surface area contributed by atoms with Gasteiger partial charge in [0.25, 0.3) is 0 Å². The van der Waals surface area contributed by atoms with Crippen molar-refractivity contribution in [3.8, 4) is 11.5 Å². The summed E-state index contributed by atoms with van der Waals surface area (Å²) in [7, 11) is 0. The first kappa shape index (κ1) is 23.2. The van der Waals surface area contributed by atoms with E-state index < -0.39 is 11.8 Å². The zero-order chi connectivity index (χ0) is 22.8. The van der Waals surface area contributed by atoms with Gasteiger partial charge in [-0.3, -0.25) is 4.79 Å². The number of carboxylic acids is 1. The maximum absolute atomic E-state index is 13.9. The number of halogens is 1. The summed E-state index contributed by atoms with van der Waals surface area (Å²) >= 11 is 0. The van der Waals surface area contributed by atoms with Crippen LogP contribution in [0.2, 0.25) is 0 Å². The van der Waals surface area contributed by atoms with Crippen LogP contribution < -0.4 is 14.6 Å². The molecule has 1 saturated carbocycles. The number of carbonyl (C=O) groups is 1. The predicted octanol–water partition coefficient (Wildman–Crippen LogP) is 5.04. The topological polar surface area (TPSA) is 83.7 Å². The highest BCUT2D eigenvalue weighted by Crippen LogP contribution is 2.31. The van der Waals surface area contributed by atoms with E-state index in [1.165, 1.54) is 23.7 Å². The summed E-state index contributed by atoms with van der Waals surface area (Å²) < 4.78 is 25.4. The van der Waals surface area contributed by atoms with E-state index in [1.54, 1.807) is 30.3 Å². The molecule has 0 spiro atoms. The van der Waals surface area contributed by atoms with Gasteiger partial charge in [-0.15, -0.1) is 5.12 Å². The Balaban J connectivity index is 1.53. The molecule has 2 aromatic carbocycles. The summed E-state index contributed by atoms with van der Waals surface area (Å²) in [5.41, 5.74) is 2.16. The highest BCUT2D eigenvalue weighted by atomic mass is 19.1. The van der Waals surface area contributed by atoms with Crippen LogP contribution in [0.5, 0.6) is 11.5 Å². The third-order valence-electron chi connectivity index (χ3n) is 5.03. The van der Waals surface area contributed by atoms with E-state index in [0.717, 1.165) is 31.4 Å². The third-order valence-corrected chi connectivity index (χ3v) is 5.03. The van der Waals surface area contributed by atoms with E-state index in [1.807, 2.05) is 0 Å². The predicted molar refractivity (Wildman–Crippen MR) is 122 cm³/mol. The van der Waals surface area contributed by atoms with Crippen molar-refractivity contribution >= 4 is 24.1 Å². The number of benzene rings is 2. The minimum absolute atomic E-state index is 0.0176. The summed E-state index contributed by atoms with van der Waals surface area (Å²) in [5, 5.41) is 18.7. The number of aliphatic carboxylic acids is 1. The van der Waals surface area contributed by atoms with Crippen molar-refractivity contribution in [3.63, 3.8) is 0 Å². The fourth-order valence-electron chi connectivity index (χ4n) is 3.43. The molecule has 1 aliphatic rings.